The minimum atomic E-state index is -1.75. The summed E-state index contributed by atoms with van der Waals surface area (Å²) in [5.74, 6) is -7.53. The lowest BCUT2D eigenvalue weighted by Crippen LogP contribution is -2.53. The maximum Gasteiger partial charge on any atom is 0.260 e. The summed E-state index contributed by atoms with van der Waals surface area (Å²) in [5, 5.41) is 13.3. The molecule has 6 atom stereocenters. The zero-order valence-corrected chi connectivity index (χ0v) is 33.1. The fourth-order valence-corrected chi connectivity index (χ4v) is 10.0. The second kappa shape index (κ2) is 14.8. The van der Waals surface area contributed by atoms with Gasteiger partial charge in [-0.1, -0.05) is 65.7 Å². The van der Waals surface area contributed by atoms with Crippen molar-refractivity contribution in [1.29, 1.82) is 0 Å². The number of rotatable bonds is 9. The van der Waals surface area contributed by atoms with Gasteiger partial charge in [0.25, 0.3) is 11.8 Å². The number of benzene rings is 5. The maximum absolute atomic E-state index is 15.5. The van der Waals surface area contributed by atoms with Gasteiger partial charge in [0.05, 0.1) is 48.8 Å². The molecule has 9 rings (SSSR count). The molecule has 60 heavy (non-hydrogen) atoms. The van der Waals surface area contributed by atoms with E-state index in [-0.39, 0.29) is 47.1 Å². The highest BCUT2D eigenvalue weighted by atomic mass is 35.5. The third-order valence-electron chi connectivity index (χ3n) is 12.5. The van der Waals surface area contributed by atoms with Crippen LogP contribution in [0.25, 0.3) is 0 Å². The predicted octanol–water partition coefficient (Wildman–Crippen LogP) is 7.62. The number of phenolic OH excluding ortho intramolecular Hbond substituents is 1. The summed E-state index contributed by atoms with van der Waals surface area (Å²) in [6, 6.07) is 29.8. The van der Waals surface area contributed by atoms with Crippen molar-refractivity contribution in [1.82, 2.24) is 5.01 Å². The average molecular weight is 826 g/mol. The number of anilines is 2. The Morgan fingerprint density at radius 3 is 2.17 bits per heavy atom. The number of nitrogens with zero attached hydrogens (tertiary/aromatic N) is 2. The van der Waals surface area contributed by atoms with Crippen LogP contribution >= 0.6 is 11.6 Å². The number of imide groups is 2. The molecule has 302 valence electrons. The number of hydrogen-bond donors (Lipinski definition) is 2. The molecule has 2 heterocycles. The standard InChI is InChI=1S/C47H37ClFN3O8/c1-59-32-22-37(53)40(38(23-32)60-2)41-33-20-21-34-39(45(57)51(43(34)55)31-18-8-26(9-19-31)42(54)25-6-4-3-5-7-25)35(33)24-36-44(56)52(50-30-16-14-29(49)15-17-30)46(58)47(36,41)27-10-12-28(48)13-11-27/h3-20,22-23,34-36,39,41,50,53H,21,24H2,1-2H3. The lowest BCUT2D eigenvalue weighted by Gasteiger charge is -2.50. The number of hydrogen-bond acceptors (Lipinski definition) is 9. The number of fused-ring (bicyclic) bond motifs is 4. The molecule has 4 amide bonds. The third-order valence-corrected chi connectivity index (χ3v) is 12.8. The Morgan fingerprint density at radius 1 is 0.817 bits per heavy atom. The van der Waals surface area contributed by atoms with Gasteiger partial charge in [0.15, 0.2) is 5.78 Å². The van der Waals surface area contributed by atoms with Crippen LogP contribution in [0.15, 0.2) is 127 Å². The Kier molecular flexibility index (Phi) is 9.54. The summed E-state index contributed by atoms with van der Waals surface area (Å²) in [6.07, 6.45) is 1.96. The number of phenols is 1. The minimum Gasteiger partial charge on any atom is -0.507 e. The maximum atomic E-state index is 15.5. The molecule has 6 unspecified atom stereocenters. The summed E-state index contributed by atoms with van der Waals surface area (Å²) in [7, 11) is 2.84. The Hall–Kier alpha value is -6.79. The molecular formula is C47H37ClFN3O8. The highest BCUT2D eigenvalue weighted by Gasteiger charge is 2.71. The van der Waals surface area contributed by atoms with Crippen LogP contribution in [-0.2, 0) is 24.6 Å². The van der Waals surface area contributed by atoms with Crippen molar-refractivity contribution in [2.45, 2.75) is 24.2 Å². The smallest absolute Gasteiger partial charge is 0.260 e. The SMILES string of the molecule is COc1cc(O)c(C2C3=CCC4C(=O)N(c5ccc(C(=O)c6ccccc6)cc5)C(=O)C4C3CC3C(=O)N(Nc4ccc(F)cc4)C(=O)C32c2ccc(Cl)cc2)c(OC)c1. The first-order chi connectivity index (χ1) is 29.0. The van der Waals surface area contributed by atoms with Gasteiger partial charge < -0.3 is 14.6 Å². The van der Waals surface area contributed by atoms with Gasteiger partial charge in [-0.25, -0.2) is 4.39 Å². The number of carbonyl (C=O) groups excluding carboxylic acids is 5. The van der Waals surface area contributed by atoms with Crippen LogP contribution in [0.1, 0.15) is 45.8 Å². The molecule has 0 bridgehead atoms. The van der Waals surface area contributed by atoms with Crippen LogP contribution < -0.4 is 19.8 Å². The first-order valence-corrected chi connectivity index (χ1v) is 19.7. The van der Waals surface area contributed by atoms with Crippen molar-refractivity contribution in [3.8, 4) is 17.2 Å². The summed E-state index contributed by atoms with van der Waals surface area (Å²) < 4.78 is 25.4. The highest BCUT2D eigenvalue weighted by Crippen LogP contribution is 2.66. The Balaban J connectivity index is 1.19. The number of ketones is 1. The van der Waals surface area contributed by atoms with Crippen molar-refractivity contribution in [2.75, 3.05) is 24.5 Å². The molecule has 0 radical (unpaired) electrons. The van der Waals surface area contributed by atoms with E-state index in [1.807, 2.05) is 12.1 Å². The van der Waals surface area contributed by atoms with Crippen LogP contribution in [0.4, 0.5) is 15.8 Å². The molecule has 2 aliphatic heterocycles. The minimum absolute atomic E-state index is 0.0189. The van der Waals surface area contributed by atoms with E-state index in [9.17, 15) is 28.7 Å². The van der Waals surface area contributed by atoms with Crippen LogP contribution in [-0.4, -0.2) is 53.7 Å². The number of aromatic hydroxyl groups is 1. The number of halogens is 2. The molecule has 2 aliphatic carbocycles. The zero-order valence-electron chi connectivity index (χ0n) is 32.3. The van der Waals surface area contributed by atoms with Gasteiger partial charge in [0.1, 0.15) is 23.1 Å². The van der Waals surface area contributed by atoms with E-state index < -0.39 is 64.5 Å². The van der Waals surface area contributed by atoms with Gasteiger partial charge in [-0.05, 0) is 85.0 Å². The van der Waals surface area contributed by atoms with E-state index in [0.717, 1.165) is 9.91 Å². The van der Waals surface area contributed by atoms with Gasteiger partial charge in [0, 0.05) is 39.8 Å². The first kappa shape index (κ1) is 38.7. The normalized spacial score (nSPS) is 24.4. The van der Waals surface area contributed by atoms with Gasteiger partial charge in [-0.2, -0.15) is 5.01 Å². The quantitative estimate of drug-likeness (QED) is 0.0872. The fourth-order valence-electron chi connectivity index (χ4n) is 9.91. The molecule has 4 aliphatic rings. The van der Waals surface area contributed by atoms with Crippen molar-refractivity contribution >= 4 is 52.4 Å². The molecule has 0 spiro atoms. The summed E-state index contributed by atoms with van der Waals surface area (Å²) in [6.45, 7) is 0. The summed E-state index contributed by atoms with van der Waals surface area (Å²) >= 11 is 6.40. The van der Waals surface area contributed by atoms with E-state index in [0.29, 0.717) is 33.0 Å². The van der Waals surface area contributed by atoms with E-state index in [1.54, 1.807) is 78.9 Å². The van der Waals surface area contributed by atoms with Crippen LogP contribution in [0.3, 0.4) is 0 Å². The first-order valence-electron chi connectivity index (χ1n) is 19.4. The molecule has 1 saturated carbocycles. The van der Waals surface area contributed by atoms with Gasteiger partial charge in [-0.3, -0.25) is 34.3 Å². The summed E-state index contributed by atoms with van der Waals surface area (Å²) in [5.41, 5.74) is 3.79. The van der Waals surface area contributed by atoms with E-state index in [2.05, 4.69) is 5.43 Å². The van der Waals surface area contributed by atoms with Crippen molar-refractivity contribution in [2.24, 2.45) is 23.7 Å². The lowest BCUT2D eigenvalue weighted by atomic mass is 9.49. The van der Waals surface area contributed by atoms with Crippen LogP contribution in [0, 0.1) is 29.5 Å². The molecular weight excluding hydrogens is 789 g/mol. The van der Waals surface area contributed by atoms with Gasteiger partial charge in [0.2, 0.25) is 11.8 Å². The Labute approximate surface area is 348 Å². The number of allylic oxidation sites excluding steroid dienone is 2. The number of methoxy groups -OCH3 is 2. The van der Waals surface area contributed by atoms with Crippen molar-refractivity contribution in [3.63, 3.8) is 0 Å². The number of carbonyl (C=O) groups is 5. The van der Waals surface area contributed by atoms with Crippen LogP contribution in [0.2, 0.25) is 5.02 Å². The fraction of sp³-hybridized carbons (Fsp3) is 0.213. The number of ether oxygens (including phenoxy) is 2. The topological polar surface area (TPSA) is 143 Å². The Bertz CT molecular complexity index is 2620. The zero-order chi connectivity index (χ0) is 42.0. The number of hydrazine groups is 1. The molecule has 11 nitrogen and oxygen atoms in total. The lowest BCUT2D eigenvalue weighted by molar-refractivity contribution is -0.138. The molecule has 5 aromatic rings. The van der Waals surface area contributed by atoms with Gasteiger partial charge >= 0.3 is 0 Å². The Morgan fingerprint density at radius 2 is 1.50 bits per heavy atom. The highest BCUT2D eigenvalue weighted by molar-refractivity contribution is 6.30. The largest absolute Gasteiger partial charge is 0.507 e. The summed E-state index contributed by atoms with van der Waals surface area (Å²) in [4.78, 5) is 74.0. The van der Waals surface area contributed by atoms with E-state index in [1.165, 1.54) is 44.6 Å². The van der Waals surface area contributed by atoms with Crippen molar-refractivity contribution in [3.05, 3.63) is 160 Å². The van der Waals surface area contributed by atoms with E-state index >= 15 is 4.79 Å². The monoisotopic (exact) mass is 825 g/mol. The molecule has 2 saturated heterocycles. The second-order valence-electron chi connectivity index (χ2n) is 15.4. The van der Waals surface area contributed by atoms with Gasteiger partial charge in [-0.15, -0.1) is 0 Å². The second-order valence-corrected chi connectivity index (χ2v) is 15.8. The van der Waals surface area contributed by atoms with Crippen LogP contribution in [0.5, 0.6) is 17.2 Å². The predicted molar refractivity (Wildman–Crippen MR) is 219 cm³/mol. The molecule has 0 aromatic heterocycles. The average Bonchev–Trinajstić information content (AvgIpc) is 3.65. The van der Waals surface area contributed by atoms with Crippen molar-refractivity contribution < 1.29 is 42.9 Å². The number of nitrogens with one attached hydrogen (secondary N) is 1. The number of amides is 4. The molecule has 2 N–H and O–H groups in total. The van der Waals surface area contributed by atoms with E-state index in [4.69, 9.17) is 21.1 Å². The molecule has 5 aromatic carbocycles. The third kappa shape index (κ3) is 5.88. The molecule has 13 heteroatoms. The molecule has 3 fully saturated rings.